The Hall–Kier alpha value is -2.21. The summed E-state index contributed by atoms with van der Waals surface area (Å²) in [5.74, 6) is -0.384. The maximum absolute atomic E-state index is 13.0. The number of nitrogens with zero attached hydrogens (tertiary/aromatic N) is 2. The average molecular weight is 303 g/mol. The zero-order valence-corrected chi connectivity index (χ0v) is 12.3. The van der Waals surface area contributed by atoms with E-state index in [0.717, 1.165) is 22.6 Å². The highest BCUT2D eigenvalue weighted by Gasteiger charge is 2.14. The number of amides is 1. The molecule has 0 aliphatic heterocycles. The smallest absolute Gasteiger partial charge is 0.269 e. The molecule has 0 radical (unpaired) electrons. The van der Waals surface area contributed by atoms with Gasteiger partial charge in [0.1, 0.15) is 11.5 Å². The minimum Gasteiger partial charge on any atom is -0.351 e. The number of fused-ring (bicyclic) bond motifs is 1. The first-order valence-electron chi connectivity index (χ1n) is 6.69. The lowest BCUT2D eigenvalue weighted by Crippen LogP contribution is -2.25. The van der Waals surface area contributed by atoms with E-state index < -0.39 is 0 Å². The van der Waals surface area contributed by atoms with Gasteiger partial charge >= 0.3 is 0 Å². The van der Waals surface area contributed by atoms with Crippen molar-refractivity contribution in [2.24, 2.45) is 0 Å². The predicted molar refractivity (Wildman–Crippen MR) is 81.1 cm³/mol. The summed E-state index contributed by atoms with van der Waals surface area (Å²) in [6.45, 7) is 2.66. The van der Waals surface area contributed by atoms with Gasteiger partial charge in [-0.15, -0.1) is 11.3 Å². The molecular weight excluding hydrogens is 289 g/mol. The molecule has 0 saturated carbocycles. The van der Waals surface area contributed by atoms with Crippen molar-refractivity contribution in [3.05, 3.63) is 47.4 Å². The Labute approximate surface area is 125 Å². The van der Waals surface area contributed by atoms with Gasteiger partial charge in [0.05, 0.1) is 5.69 Å². The fourth-order valence-electron chi connectivity index (χ4n) is 2.04. The van der Waals surface area contributed by atoms with Crippen LogP contribution in [0.25, 0.3) is 16.2 Å². The van der Waals surface area contributed by atoms with E-state index in [1.54, 1.807) is 28.1 Å². The largest absolute Gasteiger partial charge is 0.351 e. The molecule has 6 heteroatoms. The van der Waals surface area contributed by atoms with Gasteiger partial charge in [-0.25, -0.2) is 9.37 Å². The summed E-state index contributed by atoms with van der Waals surface area (Å²) in [5, 5.41) is 4.65. The molecule has 21 heavy (non-hydrogen) atoms. The molecule has 2 aromatic heterocycles. The zero-order chi connectivity index (χ0) is 14.8. The number of rotatable bonds is 4. The number of carbonyl (C=O) groups is 1. The molecule has 0 aliphatic rings. The fourth-order valence-corrected chi connectivity index (χ4v) is 2.89. The Bertz CT molecular complexity index is 776. The normalized spacial score (nSPS) is 11.0. The fraction of sp³-hybridized carbons (Fsp3) is 0.200. The summed E-state index contributed by atoms with van der Waals surface area (Å²) >= 11 is 1.41. The first-order valence-corrected chi connectivity index (χ1v) is 7.57. The van der Waals surface area contributed by atoms with Crippen molar-refractivity contribution in [2.75, 3.05) is 6.54 Å². The summed E-state index contributed by atoms with van der Waals surface area (Å²) in [5.41, 5.74) is 2.13. The first-order chi connectivity index (χ1) is 10.2. The Kier molecular flexibility index (Phi) is 3.70. The van der Waals surface area contributed by atoms with Crippen LogP contribution in [-0.2, 0) is 0 Å². The van der Waals surface area contributed by atoms with Gasteiger partial charge in [-0.2, -0.15) is 0 Å². The van der Waals surface area contributed by atoms with Crippen LogP contribution in [0.4, 0.5) is 4.39 Å². The second-order valence-electron chi connectivity index (χ2n) is 4.66. The van der Waals surface area contributed by atoms with E-state index in [9.17, 15) is 9.18 Å². The topological polar surface area (TPSA) is 46.4 Å². The second-order valence-corrected chi connectivity index (χ2v) is 5.50. The number of hydrogen-bond donors (Lipinski definition) is 1. The third kappa shape index (κ3) is 2.67. The first kappa shape index (κ1) is 13.8. The molecule has 108 valence electrons. The highest BCUT2D eigenvalue weighted by atomic mass is 32.1. The summed E-state index contributed by atoms with van der Waals surface area (Å²) in [4.78, 5) is 17.3. The molecule has 0 atom stereocenters. The molecule has 0 spiro atoms. The van der Waals surface area contributed by atoms with Crippen LogP contribution in [-0.4, -0.2) is 21.8 Å². The van der Waals surface area contributed by atoms with Gasteiger partial charge in [-0.3, -0.25) is 9.20 Å². The van der Waals surface area contributed by atoms with Crippen LogP contribution in [0, 0.1) is 5.82 Å². The molecule has 0 aliphatic carbocycles. The van der Waals surface area contributed by atoms with Crippen LogP contribution >= 0.6 is 11.3 Å². The van der Waals surface area contributed by atoms with E-state index in [0.29, 0.717) is 12.2 Å². The zero-order valence-electron chi connectivity index (χ0n) is 11.5. The van der Waals surface area contributed by atoms with E-state index in [2.05, 4.69) is 10.3 Å². The number of aromatic nitrogens is 2. The Morgan fingerprint density at radius 1 is 1.38 bits per heavy atom. The SMILES string of the molecule is CCCNC(=O)c1csc2nc(-c3ccc(F)cc3)cn12. The van der Waals surface area contributed by atoms with Gasteiger partial charge in [-0.05, 0) is 30.7 Å². The minimum absolute atomic E-state index is 0.105. The summed E-state index contributed by atoms with van der Waals surface area (Å²) in [7, 11) is 0. The van der Waals surface area contributed by atoms with Crippen molar-refractivity contribution < 1.29 is 9.18 Å². The molecule has 1 amide bonds. The van der Waals surface area contributed by atoms with Gasteiger partial charge in [0.25, 0.3) is 5.91 Å². The number of imidazole rings is 1. The van der Waals surface area contributed by atoms with Crippen LogP contribution in [0.3, 0.4) is 0 Å². The van der Waals surface area contributed by atoms with Gasteiger partial charge in [0, 0.05) is 23.7 Å². The minimum atomic E-state index is -0.278. The standard InChI is InChI=1S/C15H14FN3OS/c1-2-7-17-14(20)13-9-21-15-18-12(8-19(13)15)10-3-5-11(16)6-4-10/h3-6,8-9H,2,7H2,1H3,(H,17,20). The molecule has 1 N–H and O–H groups in total. The Morgan fingerprint density at radius 3 is 2.86 bits per heavy atom. The lowest BCUT2D eigenvalue weighted by Gasteiger charge is -2.01. The Morgan fingerprint density at radius 2 is 2.14 bits per heavy atom. The molecule has 0 fully saturated rings. The second kappa shape index (κ2) is 5.65. The molecule has 0 unspecified atom stereocenters. The van der Waals surface area contributed by atoms with E-state index >= 15 is 0 Å². The molecule has 3 rings (SSSR count). The number of thiazole rings is 1. The van der Waals surface area contributed by atoms with Gasteiger partial charge in [0.15, 0.2) is 4.96 Å². The van der Waals surface area contributed by atoms with Crippen LogP contribution in [0.2, 0.25) is 0 Å². The van der Waals surface area contributed by atoms with Crippen LogP contribution in [0.1, 0.15) is 23.8 Å². The van der Waals surface area contributed by atoms with Crippen molar-refractivity contribution in [1.29, 1.82) is 0 Å². The van der Waals surface area contributed by atoms with Crippen LogP contribution < -0.4 is 5.32 Å². The number of carbonyl (C=O) groups excluding carboxylic acids is 1. The number of benzene rings is 1. The monoisotopic (exact) mass is 303 g/mol. The average Bonchev–Trinajstić information content (AvgIpc) is 3.05. The third-order valence-electron chi connectivity index (χ3n) is 3.12. The van der Waals surface area contributed by atoms with E-state index in [1.165, 1.54) is 23.5 Å². The maximum atomic E-state index is 13.0. The quantitative estimate of drug-likeness (QED) is 0.803. The highest BCUT2D eigenvalue weighted by Crippen LogP contribution is 2.23. The highest BCUT2D eigenvalue weighted by molar-refractivity contribution is 7.15. The number of hydrogen-bond acceptors (Lipinski definition) is 3. The van der Waals surface area contributed by atoms with Crippen LogP contribution in [0.15, 0.2) is 35.8 Å². The van der Waals surface area contributed by atoms with Crippen molar-refractivity contribution in [2.45, 2.75) is 13.3 Å². The molecule has 0 saturated heterocycles. The summed E-state index contributed by atoms with van der Waals surface area (Å²) < 4.78 is 14.7. The van der Waals surface area contributed by atoms with Crippen LogP contribution in [0.5, 0.6) is 0 Å². The molecule has 1 aromatic carbocycles. The van der Waals surface area contributed by atoms with Crippen molar-refractivity contribution in [3.63, 3.8) is 0 Å². The van der Waals surface area contributed by atoms with E-state index in [-0.39, 0.29) is 11.7 Å². The molecular formula is C15H14FN3OS. The van der Waals surface area contributed by atoms with Crippen molar-refractivity contribution >= 4 is 22.2 Å². The molecule has 4 nitrogen and oxygen atoms in total. The van der Waals surface area contributed by atoms with E-state index in [4.69, 9.17) is 0 Å². The lowest BCUT2D eigenvalue weighted by molar-refractivity contribution is 0.0948. The lowest BCUT2D eigenvalue weighted by atomic mass is 10.2. The summed E-state index contributed by atoms with van der Waals surface area (Å²) in [6.07, 6.45) is 2.70. The van der Waals surface area contributed by atoms with Gasteiger partial charge < -0.3 is 5.32 Å². The summed E-state index contributed by atoms with van der Waals surface area (Å²) in [6, 6.07) is 6.16. The molecule has 0 bridgehead atoms. The maximum Gasteiger partial charge on any atom is 0.269 e. The van der Waals surface area contributed by atoms with Crippen molar-refractivity contribution in [1.82, 2.24) is 14.7 Å². The van der Waals surface area contributed by atoms with E-state index in [1.807, 2.05) is 6.92 Å². The van der Waals surface area contributed by atoms with Gasteiger partial charge in [0.2, 0.25) is 0 Å². The van der Waals surface area contributed by atoms with Crippen molar-refractivity contribution in [3.8, 4) is 11.3 Å². The number of halogens is 1. The Balaban J connectivity index is 1.95. The van der Waals surface area contributed by atoms with Gasteiger partial charge in [-0.1, -0.05) is 6.92 Å². The third-order valence-corrected chi connectivity index (χ3v) is 3.96. The molecule has 2 heterocycles. The molecule has 3 aromatic rings. The predicted octanol–water partition coefficient (Wildman–Crippen LogP) is 3.34. The number of nitrogens with one attached hydrogen (secondary N) is 1.